The summed E-state index contributed by atoms with van der Waals surface area (Å²) in [5, 5.41) is 0. The number of likely N-dealkylation sites (tertiary alicyclic amines) is 1. The van der Waals surface area contributed by atoms with Crippen molar-refractivity contribution in [3.05, 3.63) is 24.2 Å². The second-order valence-corrected chi connectivity index (χ2v) is 3.59. The number of amides is 2. The van der Waals surface area contributed by atoms with Gasteiger partial charge in [0.2, 0.25) is 11.8 Å². The average molecular weight is 208 g/mol. The van der Waals surface area contributed by atoms with E-state index in [-0.39, 0.29) is 5.91 Å². The third-order valence-electron chi connectivity index (χ3n) is 2.60. The van der Waals surface area contributed by atoms with Crippen molar-refractivity contribution < 1.29 is 14.0 Å². The summed E-state index contributed by atoms with van der Waals surface area (Å²) < 4.78 is 4.90. The summed E-state index contributed by atoms with van der Waals surface area (Å²) in [7, 11) is 0. The minimum absolute atomic E-state index is 0.0118. The normalized spacial score (nSPS) is 17.3. The van der Waals surface area contributed by atoms with Crippen LogP contribution in [0.5, 0.6) is 0 Å². The Labute approximate surface area is 86.8 Å². The predicted molar refractivity (Wildman–Crippen MR) is 51.7 cm³/mol. The van der Waals surface area contributed by atoms with E-state index in [4.69, 9.17) is 10.2 Å². The third-order valence-corrected chi connectivity index (χ3v) is 2.60. The second-order valence-electron chi connectivity index (χ2n) is 3.59. The maximum absolute atomic E-state index is 11.2. The lowest BCUT2D eigenvalue weighted by molar-refractivity contribution is -0.147. The zero-order valence-electron chi connectivity index (χ0n) is 8.18. The number of carbonyl (C=O) groups excluding carboxylic acids is 2. The van der Waals surface area contributed by atoms with Crippen LogP contribution in [0.1, 0.15) is 12.0 Å². The van der Waals surface area contributed by atoms with Crippen molar-refractivity contribution in [1.82, 2.24) is 4.90 Å². The van der Waals surface area contributed by atoms with Crippen LogP contribution in [-0.4, -0.2) is 29.3 Å². The monoisotopic (exact) mass is 208 g/mol. The van der Waals surface area contributed by atoms with Crippen LogP contribution >= 0.6 is 0 Å². The second kappa shape index (κ2) is 3.76. The SMILES string of the molecule is NC(=O)C(Cc1ccoc1)N1CCC1=O. The molecule has 0 spiro atoms. The van der Waals surface area contributed by atoms with E-state index in [9.17, 15) is 9.59 Å². The van der Waals surface area contributed by atoms with Gasteiger partial charge < -0.3 is 15.1 Å². The lowest BCUT2D eigenvalue weighted by Gasteiger charge is -2.36. The summed E-state index contributed by atoms with van der Waals surface area (Å²) in [6.45, 7) is 0.615. The average Bonchev–Trinajstić information content (AvgIpc) is 2.67. The van der Waals surface area contributed by atoms with Gasteiger partial charge in [0.1, 0.15) is 6.04 Å². The molecule has 0 bridgehead atoms. The Morgan fingerprint density at radius 2 is 2.47 bits per heavy atom. The van der Waals surface area contributed by atoms with E-state index in [1.54, 1.807) is 12.3 Å². The molecule has 0 aliphatic carbocycles. The van der Waals surface area contributed by atoms with Crippen molar-refractivity contribution in [3.63, 3.8) is 0 Å². The van der Waals surface area contributed by atoms with E-state index < -0.39 is 11.9 Å². The van der Waals surface area contributed by atoms with Gasteiger partial charge >= 0.3 is 0 Å². The third kappa shape index (κ3) is 1.86. The topological polar surface area (TPSA) is 76.5 Å². The number of hydrogen-bond acceptors (Lipinski definition) is 3. The lowest BCUT2D eigenvalue weighted by atomic mass is 10.0. The summed E-state index contributed by atoms with van der Waals surface area (Å²) in [6, 6.07) is 1.23. The molecule has 1 unspecified atom stereocenters. The maximum atomic E-state index is 11.2. The molecule has 2 N–H and O–H groups in total. The number of hydrogen-bond donors (Lipinski definition) is 1. The van der Waals surface area contributed by atoms with Gasteiger partial charge in [0.05, 0.1) is 12.5 Å². The molecule has 2 rings (SSSR count). The largest absolute Gasteiger partial charge is 0.472 e. The molecule has 5 nitrogen and oxygen atoms in total. The van der Waals surface area contributed by atoms with Crippen LogP contribution in [0.4, 0.5) is 0 Å². The van der Waals surface area contributed by atoms with Crippen LogP contribution < -0.4 is 5.73 Å². The van der Waals surface area contributed by atoms with E-state index in [2.05, 4.69) is 0 Å². The molecular formula is C10H12N2O3. The van der Waals surface area contributed by atoms with Crippen molar-refractivity contribution in [2.75, 3.05) is 6.54 Å². The Bertz CT molecular complexity index is 372. The molecule has 5 heteroatoms. The Kier molecular flexibility index (Phi) is 2.45. The first-order valence-electron chi connectivity index (χ1n) is 4.78. The van der Waals surface area contributed by atoms with Gasteiger partial charge in [-0.15, -0.1) is 0 Å². The number of nitrogens with two attached hydrogens (primary N) is 1. The van der Waals surface area contributed by atoms with Crippen molar-refractivity contribution in [1.29, 1.82) is 0 Å². The molecule has 0 radical (unpaired) electrons. The number of nitrogens with zero attached hydrogens (tertiary/aromatic N) is 1. The molecule has 1 aliphatic rings. The van der Waals surface area contributed by atoms with Crippen LogP contribution in [0, 0.1) is 0 Å². The van der Waals surface area contributed by atoms with E-state index >= 15 is 0 Å². The zero-order valence-corrected chi connectivity index (χ0v) is 8.18. The van der Waals surface area contributed by atoms with Crippen molar-refractivity contribution in [3.8, 4) is 0 Å². The molecule has 1 fully saturated rings. The molecule has 0 saturated carbocycles. The number of furan rings is 1. The lowest BCUT2D eigenvalue weighted by Crippen LogP contribution is -2.55. The number of β-lactam (4-membered cyclic amide) rings is 1. The van der Waals surface area contributed by atoms with Crippen molar-refractivity contribution >= 4 is 11.8 Å². The van der Waals surface area contributed by atoms with Gasteiger partial charge in [0.15, 0.2) is 0 Å². The number of rotatable bonds is 4. The first-order valence-corrected chi connectivity index (χ1v) is 4.78. The van der Waals surface area contributed by atoms with E-state index in [0.29, 0.717) is 19.4 Å². The first kappa shape index (κ1) is 9.76. The minimum Gasteiger partial charge on any atom is -0.472 e. The van der Waals surface area contributed by atoms with Crippen molar-refractivity contribution in [2.45, 2.75) is 18.9 Å². The summed E-state index contributed by atoms with van der Waals surface area (Å²) in [5.41, 5.74) is 6.14. The highest BCUT2D eigenvalue weighted by molar-refractivity contribution is 5.89. The smallest absolute Gasteiger partial charge is 0.240 e. The highest BCUT2D eigenvalue weighted by Gasteiger charge is 2.34. The highest BCUT2D eigenvalue weighted by atomic mass is 16.3. The quantitative estimate of drug-likeness (QED) is 0.702. The van der Waals surface area contributed by atoms with E-state index in [0.717, 1.165) is 5.56 Å². The fourth-order valence-electron chi connectivity index (χ4n) is 1.66. The fraction of sp³-hybridized carbons (Fsp3) is 0.400. The predicted octanol–water partition coefficient (Wildman–Crippen LogP) is -0.0917. The zero-order chi connectivity index (χ0) is 10.8. The van der Waals surface area contributed by atoms with Crippen LogP contribution in [0.2, 0.25) is 0 Å². The Hall–Kier alpha value is -1.78. The summed E-state index contributed by atoms with van der Waals surface area (Å²) in [6.07, 6.45) is 4.03. The van der Waals surface area contributed by atoms with Gasteiger partial charge in [0, 0.05) is 19.4 Å². The number of primary amides is 1. The minimum atomic E-state index is -0.538. The molecule has 2 amide bonds. The summed E-state index contributed by atoms with van der Waals surface area (Å²) in [4.78, 5) is 23.9. The molecule has 1 aromatic rings. The van der Waals surface area contributed by atoms with Crippen LogP contribution in [0.15, 0.2) is 23.0 Å². The molecule has 1 aliphatic heterocycles. The molecule has 1 atom stereocenters. The fourth-order valence-corrected chi connectivity index (χ4v) is 1.66. The molecule has 15 heavy (non-hydrogen) atoms. The van der Waals surface area contributed by atoms with Gasteiger partial charge in [-0.3, -0.25) is 9.59 Å². The van der Waals surface area contributed by atoms with Crippen molar-refractivity contribution in [2.24, 2.45) is 5.73 Å². The van der Waals surface area contributed by atoms with Crippen LogP contribution in [0.3, 0.4) is 0 Å². The van der Waals surface area contributed by atoms with Gasteiger partial charge in [-0.25, -0.2) is 0 Å². The van der Waals surface area contributed by atoms with Crippen LogP contribution in [-0.2, 0) is 16.0 Å². The van der Waals surface area contributed by atoms with Gasteiger partial charge in [-0.05, 0) is 11.6 Å². The Morgan fingerprint density at radius 3 is 2.87 bits per heavy atom. The molecule has 1 saturated heterocycles. The molecule has 80 valence electrons. The molecular weight excluding hydrogens is 196 g/mol. The Balaban J connectivity index is 2.07. The Morgan fingerprint density at radius 1 is 1.67 bits per heavy atom. The van der Waals surface area contributed by atoms with E-state index in [1.165, 1.54) is 11.2 Å². The van der Waals surface area contributed by atoms with E-state index in [1.807, 2.05) is 0 Å². The van der Waals surface area contributed by atoms with Gasteiger partial charge in [-0.1, -0.05) is 0 Å². The standard InChI is InChI=1S/C10H12N2O3/c11-10(14)8(12-3-1-9(12)13)5-7-2-4-15-6-7/h2,4,6,8H,1,3,5H2,(H2,11,14). The van der Waals surface area contributed by atoms with Gasteiger partial charge in [0.25, 0.3) is 0 Å². The highest BCUT2D eigenvalue weighted by Crippen LogP contribution is 2.17. The van der Waals surface area contributed by atoms with Crippen LogP contribution in [0.25, 0.3) is 0 Å². The number of carbonyl (C=O) groups is 2. The maximum Gasteiger partial charge on any atom is 0.240 e. The molecule has 2 heterocycles. The summed E-state index contributed by atoms with van der Waals surface area (Å²) in [5.74, 6) is -0.480. The van der Waals surface area contributed by atoms with Gasteiger partial charge in [-0.2, -0.15) is 0 Å². The molecule has 0 aromatic carbocycles. The molecule has 1 aromatic heterocycles. The first-order chi connectivity index (χ1) is 7.18. The summed E-state index contributed by atoms with van der Waals surface area (Å²) >= 11 is 0.